The number of nitrogens with one attached hydrogen (secondary N) is 1. The number of hydrogen-bond acceptors (Lipinski definition) is 2. The van der Waals surface area contributed by atoms with Crippen molar-refractivity contribution in [2.45, 2.75) is 25.4 Å². The monoisotopic (exact) mass is 336 g/mol. The molecule has 1 aliphatic carbocycles. The molecule has 1 heterocycles. The Hall–Kier alpha value is -2.33. The van der Waals surface area contributed by atoms with Gasteiger partial charge < -0.3 is 15.3 Å². The summed E-state index contributed by atoms with van der Waals surface area (Å²) in [7, 11) is 0. The van der Waals surface area contributed by atoms with E-state index < -0.39 is 0 Å². The van der Waals surface area contributed by atoms with Crippen molar-refractivity contribution < 1.29 is 9.90 Å². The number of para-hydroxylation sites is 1. The number of hydrogen-bond donors (Lipinski definition) is 2. The Morgan fingerprint density at radius 1 is 1.00 bits per heavy atom. The number of carbonyl (C=O) groups is 1. The summed E-state index contributed by atoms with van der Waals surface area (Å²) in [6, 6.07) is 18.2. The van der Waals surface area contributed by atoms with Crippen molar-refractivity contribution in [2.24, 2.45) is 11.8 Å². The van der Waals surface area contributed by atoms with Crippen molar-refractivity contribution in [1.29, 1.82) is 0 Å². The first kappa shape index (κ1) is 16.2. The Morgan fingerprint density at radius 2 is 1.64 bits per heavy atom. The summed E-state index contributed by atoms with van der Waals surface area (Å²) in [6.07, 6.45) is 2.62. The van der Waals surface area contributed by atoms with Crippen LogP contribution in [-0.4, -0.2) is 35.2 Å². The second kappa shape index (κ2) is 6.89. The molecular formula is C21H24N2O2. The normalized spacial score (nSPS) is 25.0. The van der Waals surface area contributed by atoms with Gasteiger partial charge in [-0.05, 0) is 36.5 Å². The largest absolute Gasteiger partial charge is 0.392 e. The second-order valence-corrected chi connectivity index (χ2v) is 7.24. The van der Waals surface area contributed by atoms with Gasteiger partial charge in [-0.15, -0.1) is 0 Å². The van der Waals surface area contributed by atoms with Gasteiger partial charge in [0.05, 0.1) is 6.10 Å². The number of piperidine rings is 1. The highest BCUT2D eigenvalue weighted by Gasteiger charge is 2.42. The van der Waals surface area contributed by atoms with E-state index in [9.17, 15) is 9.90 Å². The third-order valence-corrected chi connectivity index (χ3v) is 5.57. The van der Waals surface area contributed by atoms with E-state index in [0.717, 1.165) is 30.5 Å². The summed E-state index contributed by atoms with van der Waals surface area (Å²) < 4.78 is 0. The van der Waals surface area contributed by atoms with Crippen molar-refractivity contribution >= 4 is 11.7 Å². The third-order valence-electron chi connectivity index (χ3n) is 5.57. The first-order valence-corrected chi connectivity index (χ1v) is 9.06. The van der Waals surface area contributed by atoms with Gasteiger partial charge >= 0.3 is 6.03 Å². The van der Waals surface area contributed by atoms with Crippen molar-refractivity contribution in [3.63, 3.8) is 0 Å². The molecule has 2 bridgehead atoms. The number of carbonyl (C=O) groups excluding carboxylic acids is 1. The highest BCUT2D eigenvalue weighted by atomic mass is 16.3. The maximum Gasteiger partial charge on any atom is 0.321 e. The third kappa shape index (κ3) is 3.40. The van der Waals surface area contributed by atoms with Gasteiger partial charge in [0.2, 0.25) is 0 Å². The molecule has 2 amide bonds. The zero-order valence-corrected chi connectivity index (χ0v) is 14.3. The summed E-state index contributed by atoms with van der Waals surface area (Å²) in [5, 5.41) is 13.2. The Balaban J connectivity index is 1.47. The van der Waals surface area contributed by atoms with Crippen molar-refractivity contribution in [3.8, 4) is 0 Å². The van der Waals surface area contributed by atoms with Gasteiger partial charge in [-0.1, -0.05) is 48.5 Å². The molecule has 1 saturated heterocycles. The highest BCUT2D eigenvalue weighted by molar-refractivity contribution is 5.90. The fraction of sp³-hybridized carbons (Fsp3) is 0.381. The van der Waals surface area contributed by atoms with Gasteiger partial charge in [-0.3, -0.25) is 0 Å². The second-order valence-electron chi connectivity index (χ2n) is 7.24. The highest BCUT2D eigenvalue weighted by Crippen LogP contribution is 2.37. The average molecular weight is 336 g/mol. The molecule has 0 spiro atoms. The van der Waals surface area contributed by atoms with Crippen molar-refractivity contribution in [2.75, 3.05) is 18.4 Å². The molecule has 0 radical (unpaired) electrons. The molecule has 2 unspecified atom stereocenters. The molecule has 2 fully saturated rings. The molecule has 2 aliphatic rings. The molecule has 0 aromatic heterocycles. The minimum atomic E-state index is -0.227. The Kier molecular flexibility index (Phi) is 4.45. The molecule has 4 rings (SSSR count). The molecule has 1 aliphatic heterocycles. The van der Waals surface area contributed by atoms with Gasteiger partial charge in [0.25, 0.3) is 0 Å². The van der Waals surface area contributed by atoms with Crippen LogP contribution in [0.4, 0.5) is 10.5 Å². The summed E-state index contributed by atoms with van der Waals surface area (Å²) in [4.78, 5) is 14.6. The van der Waals surface area contributed by atoms with Crippen LogP contribution in [0.3, 0.4) is 0 Å². The molecule has 1 saturated carbocycles. The van der Waals surface area contributed by atoms with Gasteiger partial charge in [0.15, 0.2) is 0 Å². The van der Waals surface area contributed by atoms with Crippen LogP contribution in [0.15, 0.2) is 54.6 Å². The topological polar surface area (TPSA) is 52.6 Å². The minimum absolute atomic E-state index is 0.0516. The molecule has 2 atom stereocenters. The molecule has 130 valence electrons. The van der Waals surface area contributed by atoms with E-state index in [1.807, 2.05) is 41.3 Å². The Labute approximate surface area is 148 Å². The van der Waals surface area contributed by atoms with Crippen LogP contribution in [0, 0.1) is 11.8 Å². The van der Waals surface area contributed by atoms with Crippen LogP contribution in [0.5, 0.6) is 0 Å². The Morgan fingerprint density at radius 3 is 2.36 bits per heavy atom. The maximum absolute atomic E-state index is 12.7. The van der Waals surface area contributed by atoms with Crippen LogP contribution >= 0.6 is 0 Å². The number of nitrogens with zero attached hydrogens (tertiary/aromatic N) is 1. The molecule has 25 heavy (non-hydrogen) atoms. The number of benzene rings is 2. The van der Waals surface area contributed by atoms with Crippen LogP contribution < -0.4 is 5.32 Å². The maximum atomic E-state index is 12.7. The fourth-order valence-electron chi connectivity index (χ4n) is 4.17. The first-order valence-electron chi connectivity index (χ1n) is 9.06. The number of likely N-dealkylation sites (tertiary alicyclic amines) is 1. The quantitative estimate of drug-likeness (QED) is 0.901. The standard InChI is InChI=1S/C21H24N2O2/c24-20-17-10-11-18(20)14-23(13-17)21(25)22-19-9-5-4-8-16(19)12-15-6-2-1-3-7-15/h1-9,17-18,20,24H,10-14H2,(H,22,25). The van der Waals surface area contributed by atoms with E-state index in [4.69, 9.17) is 0 Å². The number of anilines is 1. The van der Waals surface area contributed by atoms with E-state index >= 15 is 0 Å². The molecule has 4 nitrogen and oxygen atoms in total. The van der Waals surface area contributed by atoms with Crippen LogP contribution in [-0.2, 0) is 6.42 Å². The number of aliphatic hydroxyl groups is 1. The minimum Gasteiger partial charge on any atom is -0.392 e. The van der Waals surface area contributed by atoms with Crippen LogP contribution in [0.25, 0.3) is 0 Å². The van der Waals surface area contributed by atoms with E-state index in [1.165, 1.54) is 5.56 Å². The van der Waals surface area contributed by atoms with E-state index in [2.05, 4.69) is 23.5 Å². The molecular weight excluding hydrogens is 312 g/mol. The lowest BCUT2D eigenvalue weighted by atomic mass is 9.95. The van der Waals surface area contributed by atoms with Gasteiger partial charge in [0.1, 0.15) is 0 Å². The van der Waals surface area contributed by atoms with Crippen LogP contribution in [0.1, 0.15) is 24.0 Å². The van der Waals surface area contributed by atoms with Crippen molar-refractivity contribution in [1.82, 2.24) is 4.90 Å². The van der Waals surface area contributed by atoms with Crippen LogP contribution in [0.2, 0.25) is 0 Å². The first-order chi connectivity index (χ1) is 12.2. The van der Waals surface area contributed by atoms with E-state index in [-0.39, 0.29) is 24.0 Å². The number of fused-ring (bicyclic) bond motifs is 2. The number of amides is 2. The van der Waals surface area contributed by atoms with Gasteiger partial charge in [-0.2, -0.15) is 0 Å². The lowest BCUT2D eigenvalue weighted by molar-refractivity contribution is 0.0326. The zero-order chi connectivity index (χ0) is 17.2. The molecule has 2 aromatic rings. The molecule has 2 N–H and O–H groups in total. The predicted octanol–water partition coefficient (Wildman–Crippen LogP) is 3.51. The zero-order valence-electron chi connectivity index (χ0n) is 14.3. The summed E-state index contributed by atoms with van der Waals surface area (Å²) in [6.45, 7) is 1.31. The van der Waals surface area contributed by atoms with Gasteiger partial charge in [-0.25, -0.2) is 4.79 Å². The number of urea groups is 1. The van der Waals surface area contributed by atoms with E-state index in [0.29, 0.717) is 13.1 Å². The summed E-state index contributed by atoms with van der Waals surface area (Å²) in [5.74, 6) is 0.480. The average Bonchev–Trinajstić information content (AvgIpc) is 2.85. The smallest absolute Gasteiger partial charge is 0.321 e. The summed E-state index contributed by atoms with van der Waals surface area (Å²) in [5.41, 5.74) is 3.21. The molecule has 2 aromatic carbocycles. The van der Waals surface area contributed by atoms with E-state index in [1.54, 1.807) is 0 Å². The lowest BCUT2D eigenvalue weighted by Crippen LogP contribution is -2.48. The fourth-order valence-corrected chi connectivity index (χ4v) is 4.17. The lowest BCUT2D eigenvalue weighted by Gasteiger charge is -2.35. The number of aliphatic hydroxyl groups excluding tert-OH is 1. The number of rotatable bonds is 3. The van der Waals surface area contributed by atoms with Gasteiger partial charge in [0, 0.05) is 30.6 Å². The van der Waals surface area contributed by atoms with Crippen molar-refractivity contribution in [3.05, 3.63) is 65.7 Å². The summed E-state index contributed by atoms with van der Waals surface area (Å²) >= 11 is 0. The SMILES string of the molecule is O=C(Nc1ccccc1Cc1ccccc1)N1CC2CCC(C1)C2O. The predicted molar refractivity (Wildman–Crippen MR) is 98.5 cm³/mol. The molecule has 4 heteroatoms. The Bertz CT molecular complexity index is 733.